The number of para-hydroxylation sites is 1. The molecule has 1 aromatic heterocycles. The zero-order valence-electron chi connectivity index (χ0n) is 14.1. The largest absolute Gasteiger partial charge is 0.482 e. The Hall–Kier alpha value is -2.27. The van der Waals surface area contributed by atoms with E-state index in [9.17, 15) is 4.79 Å². The van der Waals surface area contributed by atoms with E-state index in [1.165, 1.54) is 19.3 Å². The maximum absolute atomic E-state index is 12.0. The number of rotatable bonds is 6. The van der Waals surface area contributed by atoms with Crippen LogP contribution in [0.5, 0.6) is 5.75 Å². The third-order valence-electron chi connectivity index (χ3n) is 4.18. The summed E-state index contributed by atoms with van der Waals surface area (Å²) in [5.41, 5.74) is 1.03. The van der Waals surface area contributed by atoms with E-state index >= 15 is 0 Å². The van der Waals surface area contributed by atoms with Crippen LogP contribution in [-0.2, 0) is 11.3 Å². The van der Waals surface area contributed by atoms with Gasteiger partial charge in [-0.25, -0.2) is 4.98 Å². The molecule has 2 heterocycles. The smallest absolute Gasteiger partial charge is 0.258 e. The highest BCUT2D eigenvalue weighted by molar-refractivity contribution is 6.32. The summed E-state index contributed by atoms with van der Waals surface area (Å²) in [6.45, 7) is 2.49. The number of nitrogens with one attached hydrogen (secondary N) is 1. The number of halogens is 1. The molecule has 0 atom stereocenters. The third kappa shape index (κ3) is 5.10. The molecule has 1 amide bonds. The van der Waals surface area contributed by atoms with Crippen LogP contribution in [0.15, 0.2) is 42.6 Å². The van der Waals surface area contributed by atoms with Crippen molar-refractivity contribution in [2.45, 2.75) is 25.8 Å². The molecule has 0 bridgehead atoms. The zero-order valence-corrected chi connectivity index (χ0v) is 14.8. The van der Waals surface area contributed by atoms with Crippen molar-refractivity contribution < 1.29 is 9.53 Å². The van der Waals surface area contributed by atoms with Gasteiger partial charge in [0.1, 0.15) is 11.6 Å². The maximum Gasteiger partial charge on any atom is 0.258 e. The number of piperidine rings is 1. The Balaban J connectivity index is 1.49. The number of hydrogen-bond acceptors (Lipinski definition) is 4. The molecule has 5 nitrogen and oxygen atoms in total. The molecule has 2 aromatic rings. The summed E-state index contributed by atoms with van der Waals surface area (Å²) >= 11 is 6.00. The Bertz CT molecular complexity index is 717. The molecule has 1 saturated heterocycles. The van der Waals surface area contributed by atoms with Gasteiger partial charge >= 0.3 is 0 Å². The highest BCUT2D eigenvalue weighted by Gasteiger charge is 2.12. The van der Waals surface area contributed by atoms with Crippen LogP contribution in [0, 0.1) is 0 Å². The first-order valence-electron chi connectivity index (χ1n) is 8.56. The minimum Gasteiger partial charge on any atom is -0.482 e. The van der Waals surface area contributed by atoms with E-state index in [1.54, 1.807) is 18.3 Å². The van der Waals surface area contributed by atoms with Crippen molar-refractivity contribution in [3.05, 3.63) is 53.2 Å². The molecule has 132 valence electrons. The Morgan fingerprint density at radius 3 is 2.80 bits per heavy atom. The SMILES string of the molecule is O=C(COc1ccccc1Cl)NCc1ccnc(N2CCCCC2)c1. The fraction of sp³-hybridized carbons (Fsp3) is 0.368. The van der Waals surface area contributed by atoms with Crippen molar-refractivity contribution in [3.8, 4) is 5.75 Å². The highest BCUT2D eigenvalue weighted by Crippen LogP contribution is 2.23. The van der Waals surface area contributed by atoms with E-state index in [-0.39, 0.29) is 12.5 Å². The van der Waals surface area contributed by atoms with E-state index in [0.29, 0.717) is 17.3 Å². The van der Waals surface area contributed by atoms with Crippen LogP contribution >= 0.6 is 11.6 Å². The van der Waals surface area contributed by atoms with Crippen molar-refractivity contribution >= 4 is 23.3 Å². The summed E-state index contributed by atoms with van der Waals surface area (Å²) in [4.78, 5) is 18.7. The lowest BCUT2D eigenvalue weighted by atomic mass is 10.1. The van der Waals surface area contributed by atoms with Gasteiger partial charge in [-0.15, -0.1) is 0 Å². The second kappa shape index (κ2) is 8.72. The molecule has 0 spiro atoms. The van der Waals surface area contributed by atoms with Gasteiger partial charge in [-0.05, 0) is 49.1 Å². The summed E-state index contributed by atoms with van der Waals surface area (Å²) in [6, 6.07) is 11.1. The van der Waals surface area contributed by atoms with Gasteiger partial charge in [0.25, 0.3) is 5.91 Å². The zero-order chi connectivity index (χ0) is 17.5. The van der Waals surface area contributed by atoms with Crippen molar-refractivity contribution in [2.24, 2.45) is 0 Å². The van der Waals surface area contributed by atoms with Gasteiger partial charge in [0.15, 0.2) is 6.61 Å². The molecule has 0 aliphatic carbocycles. The summed E-state index contributed by atoms with van der Waals surface area (Å²) in [7, 11) is 0. The quantitative estimate of drug-likeness (QED) is 0.858. The average molecular weight is 360 g/mol. The van der Waals surface area contributed by atoms with Gasteiger partial charge in [-0.3, -0.25) is 4.79 Å². The number of carbonyl (C=O) groups is 1. The number of carbonyl (C=O) groups excluding carboxylic acids is 1. The number of ether oxygens (including phenoxy) is 1. The van der Waals surface area contributed by atoms with Gasteiger partial charge in [-0.1, -0.05) is 23.7 Å². The van der Waals surface area contributed by atoms with E-state index in [1.807, 2.05) is 24.3 Å². The molecular formula is C19H22ClN3O2. The third-order valence-corrected chi connectivity index (χ3v) is 4.49. The number of aromatic nitrogens is 1. The molecule has 0 radical (unpaired) electrons. The number of amides is 1. The molecule has 6 heteroatoms. The van der Waals surface area contributed by atoms with E-state index in [2.05, 4.69) is 15.2 Å². The Morgan fingerprint density at radius 2 is 2.00 bits per heavy atom. The van der Waals surface area contributed by atoms with Crippen LogP contribution in [0.1, 0.15) is 24.8 Å². The number of benzene rings is 1. The van der Waals surface area contributed by atoms with Crippen molar-refractivity contribution in [3.63, 3.8) is 0 Å². The Kier molecular flexibility index (Phi) is 6.12. The normalized spacial score (nSPS) is 14.2. The molecule has 3 rings (SSSR count). The number of pyridine rings is 1. The second-order valence-corrected chi connectivity index (χ2v) is 6.47. The van der Waals surface area contributed by atoms with Crippen LogP contribution in [0.4, 0.5) is 5.82 Å². The predicted octanol–water partition coefficient (Wildman–Crippen LogP) is 3.42. The molecular weight excluding hydrogens is 338 g/mol. The summed E-state index contributed by atoms with van der Waals surface area (Å²) in [5, 5.41) is 3.36. The molecule has 1 aliphatic rings. The number of hydrogen-bond donors (Lipinski definition) is 1. The van der Waals surface area contributed by atoms with Gasteiger partial charge in [0.2, 0.25) is 0 Å². The van der Waals surface area contributed by atoms with Crippen LogP contribution in [-0.4, -0.2) is 30.6 Å². The van der Waals surface area contributed by atoms with Crippen molar-refractivity contribution in [1.82, 2.24) is 10.3 Å². The average Bonchev–Trinajstić information content (AvgIpc) is 2.67. The minimum absolute atomic E-state index is 0.0617. The van der Waals surface area contributed by atoms with Gasteiger partial charge < -0.3 is 15.0 Å². The molecule has 1 aromatic carbocycles. The maximum atomic E-state index is 12.0. The lowest BCUT2D eigenvalue weighted by Crippen LogP contribution is -2.31. The monoisotopic (exact) mass is 359 g/mol. The number of anilines is 1. The predicted molar refractivity (Wildman–Crippen MR) is 99.1 cm³/mol. The van der Waals surface area contributed by atoms with E-state index < -0.39 is 0 Å². The van der Waals surface area contributed by atoms with Gasteiger partial charge in [0, 0.05) is 25.8 Å². The van der Waals surface area contributed by atoms with Crippen molar-refractivity contribution in [2.75, 3.05) is 24.6 Å². The Morgan fingerprint density at radius 1 is 1.20 bits per heavy atom. The van der Waals surface area contributed by atoms with Gasteiger partial charge in [0.05, 0.1) is 5.02 Å². The fourth-order valence-corrected chi connectivity index (χ4v) is 3.01. The molecule has 0 saturated carbocycles. The lowest BCUT2D eigenvalue weighted by Gasteiger charge is -2.27. The molecule has 1 N–H and O–H groups in total. The van der Waals surface area contributed by atoms with Crippen LogP contribution < -0.4 is 15.0 Å². The summed E-state index contributed by atoms with van der Waals surface area (Å²) in [5.74, 6) is 1.31. The molecule has 1 aliphatic heterocycles. The van der Waals surface area contributed by atoms with E-state index in [4.69, 9.17) is 16.3 Å². The first-order valence-corrected chi connectivity index (χ1v) is 8.94. The summed E-state index contributed by atoms with van der Waals surface area (Å²) in [6.07, 6.45) is 5.51. The second-order valence-electron chi connectivity index (χ2n) is 6.07. The summed E-state index contributed by atoms with van der Waals surface area (Å²) < 4.78 is 5.44. The highest BCUT2D eigenvalue weighted by atomic mass is 35.5. The lowest BCUT2D eigenvalue weighted by molar-refractivity contribution is -0.123. The van der Waals surface area contributed by atoms with Crippen LogP contribution in [0.25, 0.3) is 0 Å². The minimum atomic E-state index is -0.184. The van der Waals surface area contributed by atoms with Crippen LogP contribution in [0.3, 0.4) is 0 Å². The van der Waals surface area contributed by atoms with Gasteiger partial charge in [-0.2, -0.15) is 0 Å². The van der Waals surface area contributed by atoms with Crippen molar-refractivity contribution in [1.29, 1.82) is 0 Å². The van der Waals surface area contributed by atoms with E-state index in [0.717, 1.165) is 24.5 Å². The number of nitrogens with zero attached hydrogens (tertiary/aromatic N) is 2. The molecule has 25 heavy (non-hydrogen) atoms. The standard InChI is InChI=1S/C19H22ClN3O2/c20-16-6-2-3-7-17(16)25-14-19(24)22-13-15-8-9-21-18(12-15)23-10-4-1-5-11-23/h2-3,6-9,12H,1,4-5,10-11,13-14H2,(H,22,24). The topological polar surface area (TPSA) is 54.5 Å². The van der Waals surface area contributed by atoms with Crippen LogP contribution in [0.2, 0.25) is 5.02 Å². The molecule has 0 unspecified atom stereocenters. The first kappa shape index (κ1) is 17.5. The molecule has 1 fully saturated rings. The first-order chi connectivity index (χ1) is 12.2. The fourth-order valence-electron chi connectivity index (χ4n) is 2.82. The Labute approximate surface area is 153 Å².